The van der Waals surface area contributed by atoms with Crippen molar-refractivity contribution in [3.63, 3.8) is 0 Å². The van der Waals surface area contributed by atoms with Crippen LogP contribution in [0.5, 0.6) is 0 Å². The second-order valence-corrected chi connectivity index (χ2v) is 2.11. The fourth-order valence-electron chi connectivity index (χ4n) is 0. The van der Waals surface area contributed by atoms with E-state index in [-0.39, 0.29) is 24.0 Å². The summed E-state index contributed by atoms with van der Waals surface area (Å²) in [7, 11) is -3.92. The van der Waals surface area contributed by atoms with Gasteiger partial charge in [-0.1, -0.05) is 0 Å². The topological polar surface area (TPSA) is 57.2 Å². The van der Waals surface area contributed by atoms with Gasteiger partial charge in [0.2, 0.25) is 0 Å². The van der Waals surface area contributed by atoms with Crippen molar-refractivity contribution in [3.05, 3.63) is 0 Å². The molecule has 0 aliphatic carbocycles. The fraction of sp³-hybridized carbons (Fsp3) is 1.00. The molecule has 0 unspecified atom stereocenters. The first-order valence-corrected chi connectivity index (χ1v) is 2.72. The van der Waals surface area contributed by atoms with E-state index in [9.17, 15) is 0 Å². The van der Waals surface area contributed by atoms with Gasteiger partial charge in [0.1, 0.15) is 0 Å². The Morgan fingerprint density at radius 3 is 1.50 bits per heavy atom. The highest BCUT2D eigenvalue weighted by molar-refractivity contribution is 7.84. The molecule has 0 aromatic carbocycles. The third-order valence-corrected chi connectivity index (χ3v) is 0. The summed E-state index contributed by atoms with van der Waals surface area (Å²) < 4.78 is 27.2. The Morgan fingerprint density at radius 2 is 1.50 bits per heavy atom. The van der Waals surface area contributed by atoms with Crippen LogP contribution in [-0.4, -0.2) is 19.2 Å². The van der Waals surface area contributed by atoms with Gasteiger partial charge in [0.25, 0.3) is 0 Å². The van der Waals surface area contributed by atoms with Crippen molar-refractivity contribution in [1.82, 2.24) is 0 Å². The Kier molecular flexibility index (Phi) is 4.50. The van der Waals surface area contributed by atoms with E-state index in [1.807, 2.05) is 0 Å². The van der Waals surface area contributed by atoms with Gasteiger partial charge in [0, 0.05) is 6.26 Å². The summed E-state index contributed by atoms with van der Waals surface area (Å²) in [6.45, 7) is 0. The van der Waals surface area contributed by atoms with E-state index in [1.165, 1.54) is 0 Å². The van der Waals surface area contributed by atoms with Crippen molar-refractivity contribution in [2.45, 2.75) is 0 Å². The minimum atomic E-state index is -3.92. The summed E-state index contributed by atoms with van der Waals surface area (Å²) in [6, 6.07) is 0. The molecule has 0 aromatic rings. The first kappa shape index (κ1) is 9.81. The number of hydrogen-bond acceptors (Lipinski definition) is 3. The number of rotatable bonds is 0. The summed E-state index contributed by atoms with van der Waals surface area (Å²) >= 11 is 0. The maximum Gasteiger partial charge on any atom is 0.0916 e. The predicted octanol–water partition coefficient (Wildman–Crippen LogP) is -3.83. The maximum absolute atomic E-state index is 9.08. The zero-order chi connectivity index (χ0) is 4.50. The molecule has 6 heavy (non-hydrogen) atoms. The molecule has 0 aliphatic heterocycles. The average Bonchev–Trinajstić information content (AvgIpc) is 0.722. The Labute approximate surface area is 53.5 Å². The molecular weight excluding hydrogens is 219 g/mol. The summed E-state index contributed by atoms with van der Waals surface area (Å²) in [6.07, 6.45) is 0.604. The lowest BCUT2D eigenvalue weighted by Gasteiger charge is -1.90. The Bertz CT molecular complexity index is 94.0. The molecule has 0 atom stereocenters. The van der Waals surface area contributed by atoms with E-state index < -0.39 is 10.1 Å². The molecule has 3 nitrogen and oxygen atoms in total. The normalized spacial score (nSPS) is 9.67. The average molecular weight is 222 g/mol. The smallest absolute Gasteiger partial charge is 0.0916 e. The molecule has 0 N–H and O–H groups in total. The van der Waals surface area contributed by atoms with Crippen LogP contribution < -0.4 is 24.0 Å². The van der Waals surface area contributed by atoms with E-state index in [0.29, 0.717) is 6.26 Å². The fourth-order valence-corrected chi connectivity index (χ4v) is 0. The Hall–Kier alpha value is 0.640. The van der Waals surface area contributed by atoms with Crippen LogP contribution in [0.3, 0.4) is 0 Å². The van der Waals surface area contributed by atoms with E-state index in [4.69, 9.17) is 13.0 Å². The first-order chi connectivity index (χ1) is 2.00. The lowest BCUT2D eigenvalue weighted by molar-refractivity contribution is -0.00000557. The molecule has 0 saturated carbocycles. The SMILES string of the molecule is CS(=O)(=O)[O-].[I-]. The first-order valence-electron chi connectivity index (χ1n) is 0.908. The van der Waals surface area contributed by atoms with E-state index >= 15 is 0 Å². The highest BCUT2D eigenvalue weighted by Crippen LogP contribution is 1.59. The summed E-state index contributed by atoms with van der Waals surface area (Å²) in [5.74, 6) is 0. The van der Waals surface area contributed by atoms with Crippen molar-refractivity contribution < 1.29 is 36.9 Å². The second kappa shape index (κ2) is 2.75. The molecule has 0 aliphatic rings. The van der Waals surface area contributed by atoms with Crippen molar-refractivity contribution in [3.8, 4) is 0 Å². The Balaban J connectivity index is 0. The molecule has 0 bridgehead atoms. The molecule has 0 fully saturated rings. The summed E-state index contributed by atoms with van der Waals surface area (Å²) in [5.41, 5.74) is 0. The molecule has 0 amide bonds. The standard InChI is InChI=1S/CH4O3S.HI/c1-5(2,3)4;/h1H3,(H,2,3,4);1H/p-2. The van der Waals surface area contributed by atoms with Crippen LogP contribution >= 0.6 is 0 Å². The molecule has 0 rings (SSSR count). The zero-order valence-corrected chi connectivity index (χ0v) is 5.98. The largest absolute Gasteiger partial charge is 1.00 e. The molecule has 5 heteroatoms. The quantitative estimate of drug-likeness (QED) is 0.311. The Morgan fingerprint density at radius 1 is 1.50 bits per heavy atom. The highest BCUT2D eigenvalue weighted by Gasteiger charge is 1.65. The number of halogens is 1. The van der Waals surface area contributed by atoms with E-state index in [0.717, 1.165) is 0 Å². The van der Waals surface area contributed by atoms with Gasteiger partial charge in [0.05, 0.1) is 10.1 Å². The lowest BCUT2D eigenvalue weighted by Crippen LogP contribution is -3.00. The monoisotopic (exact) mass is 222 g/mol. The van der Waals surface area contributed by atoms with Crippen LogP contribution in [0, 0.1) is 0 Å². The summed E-state index contributed by atoms with van der Waals surface area (Å²) in [5, 5.41) is 0. The van der Waals surface area contributed by atoms with Crippen LogP contribution in [0.15, 0.2) is 0 Å². The van der Waals surface area contributed by atoms with Gasteiger partial charge >= 0.3 is 0 Å². The van der Waals surface area contributed by atoms with Gasteiger partial charge < -0.3 is 28.5 Å². The molecule has 0 heterocycles. The highest BCUT2D eigenvalue weighted by atomic mass is 127. The minimum Gasteiger partial charge on any atom is -1.00 e. The van der Waals surface area contributed by atoms with Crippen molar-refractivity contribution in [1.29, 1.82) is 0 Å². The third-order valence-electron chi connectivity index (χ3n) is 0. The van der Waals surface area contributed by atoms with Gasteiger partial charge in [-0.05, 0) is 0 Å². The molecule has 0 aromatic heterocycles. The number of hydrogen-bond donors (Lipinski definition) is 0. The van der Waals surface area contributed by atoms with Gasteiger partial charge in [-0.3, -0.25) is 0 Å². The molecule has 0 spiro atoms. The van der Waals surface area contributed by atoms with E-state index in [1.54, 1.807) is 0 Å². The van der Waals surface area contributed by atoms with Crippen LogP contribution in [0.1, 0.15) is 0 Å². The van der Waals surface area contributed by atoms with Crippen molar-refractivity contribution >= 4 is 10.1 Å². The lowest BCUT2D eigenvalue weighted by atomic mass is 12.0. The van der Waals surface area contributed by atoms with Crippen LogP contribution in [0.4, 0.5) is 0 Å². The van der Waals surface area contributed by atoms with Crippen molar-refractivity contribution in [2.75, 3.05) is 6.26 Å². The van der Waals surface area contributed by atoms with Gasteiger partial charge in [0.15, 0.2) is 0 Å². The van der Waals surface area contributed by atoms with Crippen molar-refractivity contribution in [2.24, 2.45) is 0 Å². The van der Waals surface area contributed by atoms with Gasteiger partial charge in [-0.25, -0.2) is 8.42 Å². The van der Waals surface area contributed by atoms with Gasteiger partial charge in [-0.15, -0.1) is 0 Å². The molecule has 0 radical (unpaired) electrons. The van der Waals surface area contributed by atoms with E-state index in [2.05, 4.69) is 0 Å². The second-order valence-electron chi connectivity index (χ2n) is 0.704. The van der Waals surface area contributed by atoms with Gasteiger partial charge in [-0.2, -0.15) is 0 Å². The minimum absolute atomic E-state index is 0. The van der Waals surface area contributed by atoms with Crippen LogP contribution in [0.25, 0.3) is 0 Å². The zero-order valence-electron chi connectivity index (χ0n) is 3.01. The third kappa shape index (κ3) is 150. The maximum atomic E-state index is 9.08. The molecule has 40 valence electrons. The predicted molar refractivity (Wildman–Crippen MR) is 15.6 cm³/mol. The van der Waals surface area contributed by atoms with Crippen LogP contribution in [-0.2, 0) is 10.1 Å². The molecular formula is CH3IO3S-2. The summed E-state index contributed by atoms with van der Waals surface area (Å²) in [4.78, 5) is 0. The molecule has 0 saturated heterocycles. The van der Waals surface area contributed by atoms with Crippen LogP contribution in [0.2, 0.25) is 0 Å².